The fourth-order valence-corrected chi connectivity index (χ4v) is 3.81. The van der Waals surface area contributed by atoms with E-state index in [0.29, 0.717) is 11.1 Å². The van der Waals surface area contributed by atoms with Crippen molar-refractivity contribution in [2.24, 2.45) is 11.3 Å². The number of hydrogen-bond donors (Lipinski definition) is 0. The Kier molecular flexibility index (Phi) is 3.32. The molecule has 3 rings (SSSR count). The molecule has 3 heterocycles. The minimum absolute atomic E-state index is 0.369. The van der Waals surface area contributed by atoms with Gasteiger partial charge in [-0.2, -0.15) is 0 Å². The molecule has 4 nitrogen and oxygen atoms in total. The highest BCUT2D eigenvalue weighted by molar-refractivity contribution is 7.15. The van der Waals surface area contributed by atoms with Gasteiger partial charge in [0.25, 0.3) is 0 Å². The smallest absolute Gasteiger partial charge is 0.196 e. The lowest BCUT2D eigenvalue weighted by molar-refractivity contribution is 0.111. The number of rotatable bonds is 2. The van der Waals surface area contributed by atoms with Gasteiger partial charge in [0.05, 0.1) is 0 Å². The summed E-state index contributed by atoms with van der Waals surface area (Å²) in [5, 5.41) is 1.96. The van der Waals surface area contributed by atoms with Gasteiger partial charge in [0.2, 0.25) is 0 Å². The molecule has 108 valence electrons. The fraction of sp³-hybridized carbons (Fsp3) is 0.600. The number of aldehydes is 1. The molecule has 0 unspecified atom stereocenters. The topological polar surface area (TPSA) is 37.6 Å². The van der Waals surface area contributed by atoms with E-state index in [1.54, 1.807) is 11.3 Å². The zero-order valence-electron chi connectivity index (χ0n) is 12.3. The molecule has 0 saturated carbocycles. The third kappa shape index (κ3) is 2.24. The average molecular weight is 291 g/mol. The van der Waals surface area contributed by atoms with E-state index in [2.05, 4.69) is 30.7 Å². The van der Waals surface area contributed by atoms with Crippen LogP contribution < -0.4 is 4.90 Å². The number of fused-ring (bicyclic) bond motifs is 1. The summed E-state index contributed by atoms with van der Waals surface area (Å²) in [4.78, 5) is 19.2. The molecule has 0 aromatic carbocycles. The summed E-state index contributed by atoms with van der Waals surface area (Å²) in [5.74, 6) is 1.61. The number of aromatic nitrogens is 2. The lowest BCUT2D eigenvalue weighted by Crippen LogP contribution is -2.38. The molecule has 0 spiro atoms. The van der Waals surface area contributed by atoms with Crippen molar-refractivity contribution in [3.8, 4) is 0 Å². The molecule has 0 bridgehead atoms. The number of imidazole rings is 1. The van der Waals surface area contributed by atoms with Crippen LogP contribution in [0.5, 0.6) is 0 Å². The largest absolute Gasteiger partial charge is 0.355 e. The van der Waals surface area contributed by atoms with Crippen molar-refractivity contribution in [3.63, 3.8) is 0 Å². The van der Waals surface area contributed by atoms with Gasteiger partial charge >= 0.3 is 0 Å². The van der Waals surface area contributed by atoms with Crippen LogP contribution in [-0.4, -0.2) is 28.8 Å². The highest BCUT2D eigenvalue weighted by Gasteiger charge is 2.30. The second kappa shape index (κ2) is 4.88. The molecule has 0 N–H and O–H groups in total. The van der Waals surface area contributed by atoms with Gasteiger partial charge in [-0.05, 0) is 24.2 Å². The molecule has 5 heteroatoms. The number of thiazole rings is 1. The molecule has 1 saturated heterocycles. The molecule has 1 aliphatic heterocycles. The molecule has 0 radical (unpaired) electrons. The van der Waals surface area contributed by atoms with Crippen LogP contribution in [0.3, 0.4) is 0 Å². The van der Waals surface area contributed by atoms with Crippen LogP contribution in [0.25, 0.3) is 4.96 Å². The Balaban J connectivity index is 1.83. The number of anilines is 1. The van der Waals surface area contributed by atoms with Crippen molar-refractivity contribution in [3.05, 3.63) is 17.3 Å². The van der Waals surface area contributed by atoms with E-state index in [0.717, 1.165) is 36.1 Å². The van der Waals surface area contributed by atoms with Crippen LogP contribution in [0.1, 0.15) is 44.1 Å². The van der Waals surface area contributed by atoms with Crippen LogP contribution in [0, 0.1) is 11.3 Å². The fourth-order valence-electron chi connectivity index (χ4n) is 3.09. The maximum Gasteiger partial charge on any atom is 0.196 e. The van der Waals surface area contributed by atoms with Gasteiger partial charge in [-0.1, -0.05) is 20.8 Å². The molecule has 2 aromatic rings. The first kappa shape index (κ1) is 13.6. The van der Waals surface area contributed by atoms with E-state index in [1.807, 2.05) is 16.0 Å². The highest BCUT2D eigenvalue weighted by Crippen LogP contribution is 2.36. The Morgan fingerprint density at radius 2 is 2.05 bits per heavy atom. The summed E-state index contributed by atoms with van der Waals surface area (Å²) in [7, 11) is 0. The zero-order chi connectivity index (χ0) is 14.3. The van der Waals surface area contributed by atoms with Crippen LogP contribution >= 0.6 is 11.3 Å². The van der Waals surface area contributed by atoms with Crippen molar-refractivity contribution >= 4 is 28.4 Å². The van der Waals surface area contributed by atoms with Gasteiger partial charge < -0.3 is 4.90 Å². The number of carbonyl (C=O) groups is 1. The standard InChI is InChI=1S/C15H21N3OS/c1-15(2,3)11-4-6-17(7-5-11)13-12(10-19)18-8-9-20-14(18)16-13/h8-11H,4-7H2,1-3H3. The Labute approximate surface area is 123 Å². The molecule has 2 aromatic heterocycles. The highest BCUT2D eigenvalue weighted by atomic mass is 32.1. The lowest BCUT2D eigenvalue weighted by atomic mass is 9.75. The summed E-state index contributed by atoms with van der Waals surface area (Å²) in [6.07, 6.45) is 5.19. The Morgan fingerprint density at radius 3 is 2.65 bits per heavy atom. The lowest BCUT2D eigenvalue weighted by Gasteiger charge is -2.39. The first-order chi connectivity index (χ1) is 9.50. The Bertz CT molecular complexity index is 615. The number of nitrogens with zero attached hydrogens (tertiary/aromatic N) is 3. The van der Waals surface area contributed by atoms with Gasteiger partial charge in [-0.25, -0.2) is 4.98 Å². The van der Waals surface area contributed by atoms with Gasteiger partial charge in [0.15, 0.2) is 17.1 Å². The van der Waals surface area contributed by atoms with Crippen LogP contribution in [0.15, 0.2) is 11.6 Å². The van der Waals surface area contributed by atoms with Crippen LogP contribution in [-0.2, 0) is 0 Å². The van der Waals surface area contributed by atoms with Crippen molar-refractivity contribution in [2.75, 3.05) is 18.0 Å². The van der Waals surface area contributed by atoms with E-state index >= 15 is 0 Å². The predicted octanol–water partition coefficient (Wildman–Crippen LogP) is 3.47. The molecule has 20 heavy (non-hydrogen) atoms. The van der Waals surface area contributed by atoms with E-state index in [4.69, 9.17) is 0 Å². The zero-order valence-corrected chi connectivity index (χ0v) is 13.1. The predicted molar refractivity (Wildman–Crippen MR) is 82.8 cm³/mol. The molecule has 0 aliphatic carbocycles. The Hall–Kier alpha value is -1.36. The number of carbonyl (C=O) groups excluding carboxylic acids is 1. The normalized spacial score (nSPS) is 17.9. The van der Waals surface area contributed by atoms with E-state index < -0.39 is 0 Å². The molecule has 1 aliphatic rings. The van der Waals surface area contributed by atoms with Crippen molar-refractivity contribution < 1.29 is 4.79 Å². The van der Waals surface area contributed by atoms with Crippen LogP contribution in [0.4, 0.5) is 5.82 Å². The molecule has 1 fully saturated rings. The summed E-state index contributed by atoms with van der Waals surface area (Å²) in [6, 6.07) is 0. The van der Waals surface area contributed by atoms with Gasteiger partial charge in [-0.3, -0.25) is 9.20 Å². The first-order valence-electron chi connectivity index (χ1n) is 7.16. The second-order valence-corrected chi connectivity index (χ2v) is 7.49. The first-order valence-corrected chi connectivity index (χ1v) is 8.04. The van der Waals surface area contributed by atoms with Crippen LogP contribution in [0.2, 0.25) is 0 Å². The molecular formula is C15H21N3OS. The quantitative estimate of drug-likeness (QED) is 0.795. The van der Waals surface area contributed by atoms with Crippen molar-refractivity contribution in [1.29, 1.82) is 0 Å². The molecule has 0 atom stereocenters. The number of piperidine rings is 1. The van der Waals surface area contributed by atoms with Crippen molar-refractivity contribution in [1.82, 2.24) is 9.38 Å². The van der Waals surface area contributed by atoms with E-state index in [-0.39, 0.29) is 0 Å². The van der Waals surface area contributed by atoms with Gasteiger partial charge in [0.1, 0.15) is 5.69 Å². The second-order valence-electron chi connectivity index (χ2n) is 6.62. The maximum atomic E-state index is 11.4. The molecule has 0 amide bonds. The summed E-state index contributed by atoms with van der Waals surface area (Å²) < 4.78 is 1.89. The minimum Gasteiger partial charge on any atom is -0.355 e. The third-order valence-electron chi connectivity index (χ3n) is 4.41. The number of hydrogen-bond acceptors (Lipinski definition) is 4. The monoisotopic (exact) mass is 291 g/mol. The summed E-state index contributed by atoms with van der Waals surface area (Å²) in [6.45, 7) is 8.94. The Morgan fingerprint density at radius 1 is 1.35 bits per heavy atom. The van der Waals surface area contributed by atoms with Gasteiger partial charge in [-0.15, -0.1) is 11.3 Å². The SMILES string of the molecule is CC(C)(C)C1CCN(c2nc3sccn3c2C=O)CC1. The maximum absolute atomic E-state index is 11.4. The average Bonchev–Trinajstić information content (AvgIpc) is 2.97. The summed E-state index contributed by atoms with van der Waals surface area (Å²) in [5.41, 5.74) is 1.06. The minimum atomic E-state index is 0.369. The molecular weight excluding hydrogens is 270 g/mol. The van der Waals surface area contributed by atoms with Crippen molar-refractivity contribution in [2.45, 2.75) is 33.6 Å². The summed E-state index contributed by atoms with van der Waals surface area (Å²) >= 11 is 1.57. The van der Waals surface area contributed by atoms with E-state index in [9.17, 15) is 4.79 Å². The van der Waals surface area contributed by atoms with E-state index in [1.165, 1.54) is 12.8 Å². The van der Waals surface area contributed by atoms with Gasteiger partial charge in [0, 0.05) is 24.7 Å². The third-order valence-corrected chi connectivity index (χ3v) is 5.17.